The highest BCUT2D eigenvalue weighted by molar-refractivity contribution is 5.77. The molecule has 2 heterocycles. The van der Waals surface area contributed by atoms with Crippen LogP contribution in [0.5, 0.6) is 11.5 Å². The number of benzene rings is 2. The lowest BCUT2D eigenvalue weighted by atomic mass is 10.2. The van der Waals surface area contributed by atoms with Gasteiger partial charge in [-0.2, -0.15) is 0 Å². The molecule has 1 fully saturated rings. The number of carbonyl (C=O) groups excluding carboxylic acids is 1. The predicted octanol–water partition coefficient (Wildman–Crippen LogP) is 4.52. The average Bonchev–Trinajstić information content (AvgIpc) is 2.78. The van der Waals surface area contributed by atoms with Gasteiger partial charge in [-0.15, -0.1) is 0 Å². The van der Waals surface area contributed by atoms with Crippen LogP contribution in [-0.4, -0.2) is 59.8 Å². The average molecular weight is 436 g/mol. The standard InChI is InChI=1S/C24H29N5O3/c1-24(2,3)32-23(30)29-13-11-28(12-14-29)22-16-26-20-10-9-19(15-21(20)27-22)31-18-7-5-17(25-4)6-8-18/h5-10,15-16,25H,11-14H2,1-4H3. The van der Waals surface area contributed by atoms with Crippen LogP contribution >= 0.6 is 0 Å². The van der Waals surface area contributed by atoms with Crippen molar-refractivity contribution in [3.8, 4) is 11.5 Å². The SMILES string of the molecule is CNc1ccc(Oc2ccc3ncc(N4CCN(C(=O)OC(C)(C)C)CC4)nc3c2)cc1. The lowest BCUT2D eigenvalue weighted by Gasteiger charge is -2.36. The van der Waals surface area contributed by atoms with Crippen LogP contribution in [0.15, 0.2) is 48.7 Å². The summed E-state index contributed by atoms with van der Waals surface area (Å²) in [6.07, 6.45) is 1.51. The molecular formula is C24H29N5O3. The van der Waals surface area contributed by atoms with E-state index in [1.165, 1.54) is 0 Å². The third-order valence-corrected chi connectivity index (χ3v) is 5.14. The zero-order valence-corrected chi connectivity index (χ0v) is 19.0. The van der Waals surface area contributed by atoms with Crippen molar-refractivity contribution in [3.63, 3.8) is 0 Å². The Kier molecular flexibility index (Phi) is 6.03. The van der Waals surface area contributed by atoms with E-state index < -0.39 is 5.60 Å². The van der Waals surface area contributed by atoms with Gasteiger partial charge in [-0.05, 0) is 57.2 Å². The van der Waals surface area contributed by atoms with Crippen LogP contribution in [0.1, 0.15) is 20.8 Å². The monoisotopic (exact) mass is 435 g/mol. The number of nitrogens with zero attached hydrogens (tertiary/aromatic N) is 4. The van der Waals surface area contributed by atoms with Crippen LogP contribution in [0.25, 0.3) is 11.0 Å². The Morgan fingerprint density at radius 2 is 1.66 bits per heavy atom. The molecule has 4 rings (SSSR count). The number of piperazine rings is 1. The number of aromatic nitrogens is 2. The van der Waals surface area contributed by atoms with Gasteiger partial charge >= 0.3 is 6.09 Å². The second-order valence-electron chi connectivity index (χ2n) is 8.71. The molecule has 0 radical (unpaired) electrons. The van der Waals surface area contributed by atoms with Gasteiger partial charge in [0.15, 0.2) is 0 Å². The fourth-order valence-corrected chi connectivity index (χ4v) is 3.47. The van der Waals surface area contributed by atoms with Crippen LogP contribution < -0.4 is 15.0 Å². The lowest BCUT2D eigenvalue weighted by Crippen LogP contribution is -2.50. The van der Waals surface area contributed by atoms with E-state index in [-0.39, 0.29) is 6.09 Å². The summed E-state index contributed by atoms with van der Waals surface area (Å²) >= 11 is 0. The summed E-state index contributed by atoms with van der Waals surface area (Å²) in [6.45, 7) is 8.14. The second-order valence-corrected chi connectivity index (χ2v) is 8.71. The van der Waals surface area contributed by atoms with Crippen molar-refractivity contribution >= 4 is 28.6 Å². The zero-order valence-electron chi connectivity index (χ0n) is 19.0. The molecule has 0 bridgehead atoms. The van der Waals surface area contributed by atoms with Gasteiger partial charge in [0.2, 0.25) is 0 Å². The van der Waals surface area contributed by atoms with Gasteiger partial charge in [0.25, 0.3) is 0 Å². The molecule has 32 heavy (non-hydrogen) atoms. The van der Waals surface area contributed by atoms with Crippen LogP contribution in [0.4, 0.5) is 16.3 Å². The van der Waals surface area contributed by atoms with E-state index in [0.717, 1.165) is 28.3 Å². The quantitative estimate of drug-likeness (QED) is 0.645. The summed E-state index contributed by atoms with van der Waals surface area (Å²) in [4.78, 5) is 25.5. The smallest absolute Gasteiger partial charge is 0.410 e. The van der Waals surface area contributed by atoms with Crippen molar-refractivity contribution in [2.45, 2.75) is 26.4 Å². The van der Waals surface area contributed by atoms with Crippen LogP contribution in [0, 0.1) is 0 Å². The highest BCUT2D eigenvalue weighted by Gasteiger charge is 2.26. The number of fused-ring (bicyclic) bond motifs is 1. The number of carbonyl (C=O) groups is 1. The maximum absolute atomic E-state index is 12.3. The maximum atomic E-state index is 12.3. The molecule has 1 saturated heterocycles. The Morgan fingerprint density at radius 3 is 2.31 bits per heavy atom. The Morgan fingerprint density at radius 1 is 0.969 bits per heavy atom. The largest absolute Gasteiger partial charge is 0.457 e. The summed E-state index contributed by atoms with van der Waals surface area (Å²) in [5, 5.41) is 3.09. The summed E-state index contributed by atoms with van der Waals surface area (Å²) < 4.78 is 11.5. The van der Waals surface area contributed by atoms with Crippen molar-refractivity contribution in [1.29, 1.82) is 0 Å². The van der Waals surface area contributed by atoms with Gasteiger partial charge in [-0.3, -0.25) is 4.98 Å². The first-order valence-corrected chi connectivity index (χ1v) is 10.8. The van der Waals surface area contributed by atoms with Crippen molar-refractivity contribution in [2.75, 3.05) is 43.4 Å². The Hall–Kier alpha value is -3.55. The van der Waals surface area contributed by atoms with Gasteiger partial charge < -0.3 is 24.6 Å². The number of amides is 1. The molecule has 0 saturated carbocycles. The van der Waals surface area contributed by atoms with Crippen molar-refractivity contribution < 1.29 is 14.3 Å². The zero-order chi connectivity index (χ0) is 22.7. The van der Waals surface area contributed by atoms with E-state index in [9.17, 15) is 4.79 Å². The third-order valence-electron chi connectivity index (χ3n) is 5.14. The predicted molar refractivity (Wildman–Crippen MR) is 126 cm³/mol. The molecule has 0 atom stereocenters. The van der Waals surface area contributed by atoms with Gasteiger partial charge in [0.1, 0.15) is 22.9 Å². The minimum absolute atomic E-state index is 0.272. The molecule has 168 valence electrons. The summed E-state index contributed by atoms with van der Waals surface area (Å²) in [5.74, 6) is 2.25. The molecule has 8 nitrogen and oxygen atoms in total. The normalized spacial score (nSPS) is 14.4. The van der Waals surface area contributed by atoms with Crippen molar-refractivity contribution in [2.24, 2.45) is 0 Å². The van der Waals surface area contributed by atoms with Crippen molar-refractivity contribution in [3.05, 3.63) is 48.7 Å². The highest BCUT2D eigenvalue weighted by atomic mass is 16.6. The Labute approximate surface area is 188 Å². The van der Waals surface area contributed by atoms with Gasteiger partial charge in [0.05, 0.1) is 17.2 Å². The molecule has 1 aliphatic rings. The first-order valence-electron chi connectivity index (χ1n) is 10.8. The number of nitrogens with one attached hydrogen (secondary N) is 1. The minimum atomic E-state index is -0.493. The molecule has 0 spiro atoms. The molecule has 1 aliphatic heterocycles. The Bertz CT molecular complexity index is 1090. The van der Waals surface area contributed by atoms with E-state index in [4.69, 9.17) is 14.5 Å². The minimum Gasteiger partial charge on any atom is -0.457 e. The number of hydrogen-bond acceptors (Lipinski definition) is 7. The molecule has 2 aromatic carbocycles. The van der Waals surface area contributed by atoms with E-state index >= 15 is 0 Å². The first kappa shape index (κ1) is 21.7. The lowest BCUT2D eigenvalue weighted by molar-refractivity contribution is 0.0240. The van der Waals surface area contributed by atoms with Gasteiger partial charge in [-0.25, -0.2) is 9.78 Å². The van der Waals surface area contributed by atoms with Gasteiger partial charge in [0, 0.05) is 45.0 Å². The van der Waals surface area contributed by atoms with E-state index in [1.807, 2.05) is 70.3 Å². The molecule has 1 N–H and O–H groups in total. The summed E-state index contributed by atoms with van der Waals surface area (Å²) in [5.41, 5.74) is 2.10. The van der Waals surface area contributed by atoms with Crippen LogP contribution in [-0.2, 0) is 4.74 Å². The number of rotatable bonds is 4. The Balaban J connectivity index is 1.44. The van der Waals surface area contributed by atoms with Crippen LogP contribution in [0.3, 0.4) is 0 Å². The fourth-order valence-electron chi connectivity index (χ4n) is 3.47. The number of ether oxygens (including phenoxy) is 2. The molecular weight excluding hydrogens is 406 g/mol. The van der Waals surface area contributed by atoms with Crippen LogP contribution in [0.2, 0.25) is 0 Å². The molecule has 1 aromatic heterocycles. The highest BCUT2D eigenvalue weighted by Crippen LogP contribution is 2.26. The fraction of sp³-hybridized carbons (Fsp3) is 0.375. The molecule has 1 amide bonds. The second kappa shape index (κ2) is 8.90. The number of anilines is 2. The summed E-state index contributed by atoms with van der Waals surface area (Å²) in [7, 11) is 1.88. The topological polar surface area (TPSA) is 79.8 Å². The third kappa shape index (κ3) is 5.19. The van der Waals surface area contributed by atoms with E-state index in [1.54, 1.807) is 11.1 Å². The number of hydrogen-bond donors (Lipinski definition) is 1. The first-order chi connectivity index (χ1) is 15.3. The molecule has 0 unspecified atom stereocenters. The van der Waals surface area contributed by atoms with Crippen molar-refractivity contribution in [1.82, 2.24) is 14.9 Å². The molecule has 3 aromatic rings. The molecule has 8 heteroatoms. The maximum Gasteiger partial charge on any atom is 0.410 e. The van der Waals surface area contributed by atoms with Gasteiger partial charge in [-0.1, -0.05) is 0 Å². The summed E-state index contributed by atoms with van der Waals surface area (Å²) in [6, 6.07) is 13.5. The van der Waals surface area contributed by atoms with E-state index in [2.05, 4.69) is 15.2 Å². The van der Waals surface area contributed by atoms with E-state index in [0.29, 0.717) is 31.9 Å². The molecule has 0 aliphatic carbocycles.